The van der Waals surface area contributed by atoms with Gasteiger partial charge in [-0.3, -0.25) is 4.79 Å². The largest absolute Gasteiger partial charge is 0.490 e. The monoisotopic (exact) mass is 813 g/mol. The van der Waals surface area contributed by atoms with Gasteiger partial charge in [0.1, 0.15) is 23.8 Å². The fraction of sp³-hybridized carbons (Fsp3) is 0.475. The number of carbonyl (C=O) groups excluding carboxylic acids is 2. The van der Waals surface area contributed by atoms with Gasteiger partial charge in [0.15, 0.2) is 9.84 Å². The van der Waals surface area contributed by atoms with Crippen LogP contribution in [-0.2, 0) is 54.8 Å². The van der Waals surface area contributed by atoms with Gasteiger partial charge in [-0.1, -0.05) is 88.2 Å². The van der Waals surface area contributed by atoms with Crippen molar-refractivity contribution in [3.63, 3.8) is 0 Å². The third kappa shape index (κ3) is 17.6. The quantitative estimate of drug-likeness (QED) is 0.0721. The van der Waals surface area contributed by atoms with Crippen LogP contribution in [0.1, 0.15) is 75.1 Å². The Morgan fingerprint density at radius 1 is 0.839 bits per heavy atom. The molecule has 1 unspecified atom stereocenters. The van der Waals surface area contributed by atoms with E-state index in [1.54, 1.807) is 0 Å². The Kier molecular flexibility index (Phi) is 20.1. The summed E-state index contributed by atoms with van der Waals surface area (Å²) in [6, 6.07) is 18.0. The fourth-order valence-corrected chi connectivity index (χ4v) is 7.96. The average Bonchev–Trinajstić information content (AvgIpc) is 3.13. The van der Waals surface area contributed by atoms with Crippen LogP contribution in [0, 0.1) is 11.6 Å². The fourth-order valence-electron chi connectivity index (χ4n) is 5.82. The van der Waals surface area contributed by atoms with Crippen LogP contribution >= 0.6 is 0 Å². The minimum absolute atomic E-state index is 0.0267. The molecule has 0 bridgehead atoms. The van der Waals surface area contributed by atoms with E-state index in [1.807, 2.05) is 62.4 Å². The molecule has 0 aliphatic carbocycles. The first kappa shape index (κ1) is 47.7. The van der Waals surface area contributed by atoms with Crippen molar-refractivity contribution in [2.75, 3.05) is 12.3 Å². The predicted molar refractivity (Wildman–Crippen MR) is 203 cm³/mol. The number of amides is 1. The zero-order valence-electron chi connectivity index (χ0n) is 31.8. The second-order valence-corrected chi connectivity index (χ2v) is 15.7. The topological polar surface area (TPSA) is 165 Å². The minimum Gasteiger partial charge on any atom is -0.475 e. The highest BCUT2D eigenvalue weighted by Gasteiger charge is 2.38. The number of nitrogens with one attached hydrogen (secondary N) is 2. The summed E-state index contributed by atoms with van der Waals surface area (Å²) in [5, 5.41) is 12.3. The summed E-state index contributed by atoms with van der Waals surface area (Å²) in [7, 11) is -3.82. The first-order valence-electron chi connectivity index (χ1n) is 18.4. The number of ether oxygens (including phenoxy) is 1. The average molecular weight is 814 g/mol. The number of benzene rings is 3. The third-order valence-corrected chi connectivity index (χ3v) is 11.0. The summed E-state index contributed by atoms with van der Waals surface area (Å²) >= 11 is 0. The second-order valence-electron chi connectivity index (χ2n) is 13.4. The van der Waals surface area contributed by atoms with Crippen LogP contribution in [0.2, 0.25) is 0 Å². The van der Waals surface area contributed by atoms with Crippen molar-refractivity contribution in [1.82, 2.24) is 10.6 Å². The van der Waals surface area contributed by atoms with Crippen molar-refractivity contribution in [1.29, 1.82) is 0 Å². The van der Waals surface area contributed by atoms with Crippen molar-refractivity contribution in [3.8, 4) is 0 Å². The highest BCUT2D eigenvalue weighted by Crippen LogP contribution is 2.19. The van der Waals surface area contributed by atoms with Gasteiger partial charge in [-0.05, 0) is 66.5 Å². The van der Waals surface area contributed by atoms with Gasteiger partial charge in [-0.15, -0.1) is 0 Å². The maximum Gasteiger partial charge on any atom is 0.490 e. The summed E-state index contributed by atoms with van der Waals surface area (Å²) in [5.74, 6) is -6.34. The van der Waals surface area contributed by atoms with E-state index in [0.29, 0.717) is 38.6 Å². The van der Waals surface area contributed by atoms with Gasteiger partial charge in [0, 0.05) is 31.6 Å². The molecule has 0 aliphatic heterocycles. The van der Waals surface area contributed by atoms with E-state index in [2.05, 4.69) is 23.6 Å². The van der Waals surface area contributed by atoms with Gasteiger partial charge in [-0.2, -0.15) is 13.2 Å². The van der Waals surface area contributed by atoms with E-state index < -0.39 is 74.7 Å². The number of carbonyl (C=O) groups is 3. The van der Waals surface area contributed by atoms with Crippen molar-refractivity contribution < 1.29 is 54.6 Å². The van der Waals surface area contributed by atoms with Crippen LogP contribution in [0.25, 0.3) is 0 Å². The zero-order valence-corrected chi connectivity index (χ0v) is 32.6. The lowest BCUT2D eigenvalue weighted by molar-refractivity contribution is -0.192. The van der Waals surface area contributed by atoms with Gasteiger partial charge in [0.2, 0.25) is 5.91 Å². The molecule has 56 heavy (non-hydrogen) atoms. The van der Waals surface area contributed by atoms with Crippen LogP contribution in [0.3, 0.4) is 0 Å². The maximum atomic E-state index is 14.0. The molecule has 3 aromatic carbocycles. The molecule has 310 valence electrons. The summed E-state index contributed by atoms with van der Waals surface area (Å²) < 4.78 is 92.9. The van der Waals surface area contributed by atoms with Crippen molar-refractivity contribution in [3.05, 3.63) is 107 Å². The number of aliphatic carboxylic acids is 1. The van der Waals surface area contributed by atoms with E-state index in [1.165, 1.54) is 0 Å². The number of hydrogen-bond acceptors (Lipinski definition) is 8. The number of alkyl halides is 3. The van der Waals surface area contributed by atoms with Crippen LogP contribution in [0.5, 0.6) is 0 Å². The summed E-state index contributed by atoms with van der Waals surface area (Å²) in [5.41, 5.74) is 9.87. The van der Waals surface area contributed by atoms with Crippen molar-refractivity contribution in [2.45, 2.75) is 108 Å². The molecule has 0 radical (unpaired) electrons. The second kappa shape index (κ2) is 23.6. The summed E-state index contributed by atoms with van der Waals surface area (Å²) in [6.45, 7) is 6.35. The van der Waals surface area contributed by atoms with Gasteiger partial charge in [-0.25, -0.2) is 26.8 Å². The summed E-state index contributed by atoms with van der Waals surface area (Å²) in [6.07, 6.45) is -2.68. The lowest BCUT2D eigenvalue weighted by Crippen LogP contribution is -2.52. The molecule has 0 saturated carbocycles. The Hall–Kier alpha value is -4.41. The third-order valence-electron chi connectivity index (χ3n) is 8.69. The van der Waals surface area contributed by atoms with E-state index in [9.17, 15) is 40.0 Å². The van der Waals surface area contributed by atoms with Crippen LogP contribution in [-0.4, -0.2) is 73.3 Å². The Morgan fingerprint density at radius 2 is 1.41 bits per heavy atom. The normalized spacial score (nSPS) is 13.2. The number of esters is 1. The predicted octanol–water partition coefficient (Wildman–Crippen LogP) is 6.23. The van der Waals surface area contributed by atoms with Crippen molar-refractivity contribution >= 4 is 27.7 Å². The number of carboxylic acids is 1. The number of aryl methyl sites for hydroxylation is 2. The van der Waals surface area contributed by atoms with E-state index in [-0.39, 0.29) is 24.9 Å². The first-order valence-corrected chi connectivity index (χ1v) is 20.1. The van der Waals surface area contributed by atoms with E-state index in [0.717, 1.165) is 41.3 Å². The molecule has 10 nitrogen and oxygen atoms in total. The zero-order chi connectivity index (χ0) is 41.9. The van der Waals surface area contributed by atoms with Gasteiger partial charge < -0.3 is 26.2 Å². The van der Waals surface area contributed by atoms with Crippen molar-refractivity contribution in [2.24, 2.45) is 5.73 Å². The van der Waals surface area contributed by atoms with Gasteiger partial charge in [0.05, 0.1) is 11.0 Å². The number of nitrogens with two attached hydrogens (primary N) is 1. The minimum atomic E-state index is -5.08. The molecule has 0 spiro atoms. The Balaban J connectivity index is 0.00000141. The molecule has 3 rings (SSSR count). The summed E-state index contributed by atoms with van der Waals surface area (Å²) in [4.78, 5) is 35.9. The molecular formula is C40H52F5N3O7S. The smallest absolute Gasteiger partial charge is 0.475 e. The van der Waals surface area contributed by atoms with Crippen LogP contribution in [0.15, 0.2) is 72.8 Å². The Labute approximate surface area is 325 Å². The Morgan fingerprint density at radius 3 is 1.96 bits per heavy atom. The molecule has 3 atom stereocenters. The molecular weight excluding hydrogens is 762 g/mol. The molecule has 16 heteroatoms. The molecule has 0 aliphatic rings. The molecule has 1 amide bonds. The van der Waals surface area contributed by atoms with E-state index >= 15 is 0 Å². The van der Waals surface area contributed by atoms with Gasteiger partial charge in [0.25, 0.3) is 0 Å². The molecule has 0 saturated heterocycles. The molecule has 0 fully saturated rings. The van der Waals surface area contributed by atoms with Crippen LogP contribution < -0.4 is 16.4 Å². The number of rotatable bonds is 21. The molecule has 5 N–H and O–H groups in total. The number of sulfone groups is 1. The molecule has 0 aromatic heterocycles. The number of halogens is 5. The van der Waals surface area contributed by atoms with Gasteiger partial charge >= 0.3 is 18.1 Å². The lowest BCUT2D eigenvalue weighted by atomic mass is 10.0. The lowest BCUT2D eigenvalue weighted by Gasteiger charge is -2.28. The van der Waals surface area contributed by atoms with E-state index in [4.69, 9.17) is 20.4 Å². The number of hydrogen-bond donors (Lipinski definition) is 4. The first-order chi connectivity index (χ1) is 26.4. The molecule has 3 aromatic rings. The van der Waals surface area contributed by atoms with Crippen LogP contribution in [0.4, 0.5) is 22.0 Å². The molecule has 0 heterocycles. The standard InChI is InChI=1S/C38H51F2N3O5S.C2HF3O2/c1-4-11-33(12-5-2)49(46,47)26-35(43-37(44)18-17-28-13-8-7-9-14-28)38(45)48-36(25-42-24-29-16-10-15-27(6-3)19-29)34(41)22-30-20-31(39)23-32(40)21-30;3-2(4,5)1(6)7/h7-10,13-16,19-21,23,33-36,42H,4-6,11-12,17-18,22,24-26,41H2,1-3H3,(H,43,44);(H,6,7)/t34-,35?,36+;/m0./s1. The highest BCUT2D eigenvalue weighted by atomic mass is 32.2. The maximum absolute atomic E-state index is 14.0. The SMILES string of the molecule is CCCC(CCC)S(=O)(=O)CC(NC(=O)CCc1ccccc1)C(=O)O[C@H](CNCc1cccc(CC)c1)[C@@H](N)Cc1cc(F)cc(F)c1.O=C(O)C(F)(F)F. The number of carboxylic acid groups (broad SMARTS) is 1. The Bertz CT molecular complexity index is 1770. The highest BCUT2D eigenvalue weighted by molar-refractivity contribution is 7.92.